The minimum absolute atomic E-state index is 0. The molecule has 4 aliphatic carbocycles. The Morgan fingerprint density at radius 1 is 0.975 bits per heavy atom. The van der Waals surface area contributed by atoms with Crippen LogP contribution in [0.2, 0.25) is 0 Å². The van der Waals surface area contributed by atoms with Gasteiger partial charge in [-0.05, 0) is 112 Å². The Bertz CT molecular complexity index is 883. The summed E-state index contributed by atoms with van der Waals surface area (Å²) >= 11 is 0. The van der Waals surface area contributed by atoms with Crippen molar-refractivity contribution in [2.24, 2.45) is 52.3 Å². The topological polar surface area (TPSA) is 127 Å². The van der Waals surface area contributed by atoms with E-state index in [0.717, 1.165) is 51.4 Å². The molecule has 0 aromatic rings. The van der Waals surface area contributed by atoms with Crippen LogP contribution in [0.1, 0.15) is 112 Å². The largest absolute Gasteiger partial charge is 1.00 e. The van der Waals surface area contributed by atoms with Crippen molar-refractivity contribution in [1.82, 2.24) is 0 Å². The number of aliphatic hydroxyl groups excluding tert-OH is 3. The summed E-state index contributed by atoms with van der Waals surface area (Å²) in [5.41, 5.74) is -0.0239. The van der Waals surface area contributed by atoms with Crippen molar-refractivity contribution in [3.63, 3.8) is 0 Å². The maximum Gasteiger partial charge on any atom is 1.00 e. The van der Waals surface area contributed by atoms with Crippen LogP contribution >= 0.6 is 0 Å². The van der Waals surface area contributed by atoms with E-state index in [2.05, 4.69) is 20.8 Å². The van der Waals surface area contributed by atoms with Crippen molar-refractivity contribution in [3.8, 4) is 0 Å². The minimum atomic E-state index is -1.31. The second kappa shape index (κ2) is 13.6. The molecule has 224 valence electrons. The van der Waals surface area contributed by atoms with Crippen LogP contribution in [0.5, 0.6) is 0 Å². The maximum atomic E-state index is 13.2. The monoisotopic (exact) mass is 572 g/mol. The number of carboxylic acids is 1. The fourth-order valence-electron chi connectivity index (χ4n) is 10.0. The summed E-state index contributed by atoms with van der Waals surface area (Å²) in [6, 6.07) is 0. The van der Waals surface area contributed by atoms with Gasteiger partial charge in [0.15, 0.2) is 0 Å². The molecule has 0 radical (unpaired) electrons. The molecule has 40 heavy (non-hydrogen) atoms. The van der Waals surface area contributed by atoms with Crippen LogP contribution < -0.4 is 34.7 Å². The van der Waals surface area contributed by atoms with Gasteiger partial charge in [-0.3, -0.25) is 4.79 Å². The normalized spacial score (nSPS) is 41.8. The Morgan fingerprint density at radius 2 is 1.68 bits per heavy atom. The van der Waals surface area contributed by atoms with Crippen molar-refractivity contribution < 1.29 is 64.3 Å². The van der Waals surface area contributed by atoms with Crippen LogP contribution in [0.25, 0.3) is 0 Å². The molecule has 0 unspecified atom stereocenters. The molecule has 0 saturated heterocycles. The maximum absolute atomic E-state index is 13.2. The van der Waals surface area contributed by atoms with Crippen molar-refractivity contribution >= 4 is 11.9 Å². The van der Waals surface area contributed by atoms with Crippen LogP contribution in [0.4, 0.5) is 0 Å². The first-order chi connectivity index (χ1) is 18.3. The van der Waals surface area contributed by atoms with Crippen LogP contribution in [-0.4, -0.2) is 51.7 Å². The number of rotatable bonds is 10. The summed E-state index contributed by atoms with van der Waals surface area (Å²) < 4.78 is 6.49. The molecular weight excluding hydrogens is 519 g/mol. The molecule has 0 aromatic carbocycles. The molecule has 0 aromatic heterocycles. The summed E-state index contributed by atoms with van der Waals surface area (Å²) in [7, 11) is 0. The van der Waals surface area contributed by atoms with Gasteiger partial charge >= 0.3 is 35.5 Å². The zero-order valence-electron chi connectivity index (χ0n) is 25.8. The van der Waals surface area contributed by atoms with Crippen molar-refractivity contribution in [1.29, 1.82) is 0 Å². The third-order valence-electron chi connectivity index (χ3n) is 12.3. The van der Waals surface area contributed by atoms with Gasteiger partial charge in [-0.15, -0.1) is 0 Å². The minimum Gasteiger partial charge on any atom is -0.550 e. The van der Waals surface area contributed by atoms with E-state index in [9.17, 15) is 30.0 Å². The van der Waals surface area contributed by atoms with E-state index >= 15 is 0 Å². The van der Waals surface area contributed by atoms with E-state index in [4.69, 9.17) is 4.74 Å². The molecule has 0 heterocycles. The Morgan fingerprint density at radius 3 is 2.33 bits per heavy atom. The van der Waals surface area contributed by atoms with Gasteiger partial charge in [0.25, 0.3) is 0 Å². The van der Waals surface area contributed by atoms with Gasteiger partial charge in [0, 0.05) is 17.8 Å². The molecular formula is C32H53NaO7. The fourth-order valence-corrected chi connectivity index (χ4v) is 10.0. The van der Waals surface area contributed by atoms with E-state index in [1.807, 2.05) is 13.8 Å². The molecule has 0 amide bonds. The second-order valence-electron chi connectivity index (χ2n) is 14.4. The molecule has 0 aliphatic heterocycles. The molecule has 7 nitrogen and oxygen atoms in total. The average Bonchev–Trinajstić information content (AvgIpc) is 3.22. The fraction of sp³-hybridized carbons (Fsp3) is 0.938. The molecule has 4 fully saturated rings. The Balaban J connectivity index is 0.00000441. The number of carboxylic acid groups (broad SMARTS) is 1. The van der Waals surface area contributed by atoms with E-state index in [1.54, 1.807) is 0 Å². The summed E-state index contributed by atoms with van der Waals surface area (Å²) in [5.74, 6) is 0.879. The first-order valence-electron chi connectivity index (χ1n) is 15.8. The number of ether oxygens (including phenoxy) is 1. The van der Waals surface area contributed by atoms with E-state index in [1.165, 1.54) is 6.42 Å². The Labute approximate surface area is 263 Å². The molecule has 13 atom stereocenters. The van der Waals surface area contributed by atoms with E-state index < -0.39 is 24.6 Å². The van der Waals surface area contributed by atoms with Crippen LogP contribution in [0.15, 0.2) is 0 Å². The smallest absolute Gasteiger partial charge is 0.550 e. The zero-order valence-corrected chi connectivity index (χ0v) is 27.8. The molecule has 4 rings (SSSR count). The Kier molecular flexibility index (Phi) is 11.7. The SMILES string of the molecule is CC[C@H](C)C(=O)O[C@H]1C[C@H]2[C@@H](CC[C@@H]3C[C@H](O)CC[C@@]32C)[C@@H]2CC[C@H]([C@H](C)C[C@@H](O)C[C@@H](O)CC(=O)[O-])[C@@]12C.[Na+]. The summed E-state index contributed by atoms with van der Waals surface area (Å²) in [6.45, 7) is 10.9. The van der Waals surface area contributed by atoms with Crippen molar-refractivity contribution in [2.45, 2.75) is 136 Å². The number of hydrogen-bond donors (Lipinski definition) is 3. The first-order valence-corrected chi connectivity index (χ1v) is 15.8. The third-order valence-corrected chi connectivity index (χ3v) is 12.3. The van der Waals surface area contributed by atoms with E-state index in [-0.39, 0.29) is 82.7 Å². The number of aliphatic hydroxyl groups is 3. The summed E-state index contributed by atoms with van der Waals surface area (Å²) in [5, 5.41) is 42.1. The first kappa shape index (κ1) is 34.3. The number of carbonyl (C=O) groups excluding carboxylic acids is 2. The number of aliphatic carboxylic acids is 1. The quantitative estimate of drug-likeness (QED) is 0.262. The molecule has 0 bridgehead atoms. The third kappa shape index (κ3) is 6.65. The van der Waals surface area contributed by atoms with Gasteiger partial charge in [-0.2, -0.15) is 0 Å². The van der Waals surface area contributed by atoms with Gasteiger partial charge < -0.3 is 30.0 Å². The Hall–Kier alpha value is -0.180. The van der Waals surface area contributed by atoms with Gasteiger partial charge in [0.1, 0.15) is 6.10 Å². The number of carbonyl (C=O) groups is 2. The summed E-state index contributed by atoms with van der Waals surface area (Å²) in [6.07, 6.45) is 6.60. The number of esters is 1. The molecule has 0 spiro atoms. The van der Waals surface area contributed by atoms with E-state index in [0.29, 0.717) is 30.1 Å². The summed E-state index contributed by atoms with van der Waals surface area (Å²) in [4.78, 5) is 24.1. The van der Waals surface area contributed by atoms with Crippen LogP contribution in [0.3, 0.4) is 0 Å². The van der Waals surface area contributed by atoms with Crippen molar-refractivity contribution in [2.75, 3.05) is 0 Å². The van der Waals surface area contributed by atoms with Crippen molar-refractivity contribution in [3.05, 3.63) is 0 Å². The van der Waals surface area contributed by atoms with Crippen LogP contribution in [-0.2, 0) is 14.3 Å². The van der Waals surface area contributed by atoms with Gasteiger partial charge in [-0.1, -0.05) is 34.6 Å². The average molecular weight is 573 g/mol. The standard InChI is InChI=1S/C32H54O7.Na/c1-6-18(2)30(38)39-28-17-27-24(8-7-20-14-21(33)11-12-31(20,27)4)26-10-9-25(32(26,28)5)19(3)13-22(34)15-23(35)16-29(36)37;/h18-28,33-35H,6-17H2,1-5H3,(H,36,37);/q;+1/p-1/t18-,19+,20+,21+,22+,23+,24-,25+,26-,27-,28-,31-,32+;/m0./s1. The second-order valence-corrected chi connectivity index (χ2v) is 14.4. The van der Waals surface area contributed by atoms with Gasteiger partial charge in [0.2, 0.25) is 0 Å². The van der Waals surface area contributed by atoms with Gasteiger partial charge in [0.05, 0.1) is 24.2 Å². The van der Waals surface area contributed by atoms with Crippen LogP contribution in [0, 0.1) is 52.3 Å². The molecule has 4 saturated carbocycles. The molecule has 8 heteroatoms. The predicted molar refractivity (Wildman–Crippen MR) is 146 cm³/mol. The van der Waals surface area contributed by atoms with Gasteiger partial charge in [-0.25, -0.2) is 0 Å². The molecule has 3 N–H and O–H groups in total. The number of fused-ring (bicyclic) bond motifs is 5. The molecule has 4 aliphatic rings. The predicted octanol–water partition coefficient (Wildman–Crippen LogP) is 0.856. The zero-order chi connectivity index (χ0) is 28.7. The number of hydrogen-bond acceptors (Lipinski definition) is 7.